The Morgan fingerprint density at radius 1 is 1.10 bits per heavy atom. The lowest BCUT2D eigenvalue weighted by Gasteiger charge is -2.27. The second-order valence-electron chi connectivity index (χ2n) is 11.1. The van der Waals surface area contributed by atoms with Crippen molar-refractivity contribution in [3.05, 3.63) is 92.9 Å². The molecule has 0 spiro atoms. The molecule has 41 heavy (non-hydrogen) atoms. The highest BCUT2D eigenvalue weighted by atomic mass is 32.2. The Morgan fingerprint density at radius 2 is 1.76 bits per heavy atom. The van der Waals surface area contributed by atoms with Crippen LogP contribution >= 0.6 is 0 Å². The summed E-state index contributed by atoms with van der Waals surface area (Å²) in [6, 6.07) is 8.51. The van der Waals surface area contributed by atoms with Gasteiger partial charge in [-0.3, -0.25) is 14.1 Å². The summed E-state index contributed by atoms with van der Waals surface area (Å²) in [4.78, 5) is 26.6. The molecule has 1 aromatic heterocycles. The molecule has 0 aliphatic heterocycles. The van der Waals surface area contributed by atoms with E-state index in [1.54, 1.807) is 13.2 Å². The molecule has 1 saturated carbocycles. The zero-order chi connectivity index (χ0) is 30.1. The highest BCUT2D eigenvalue weighted by Gasteiger charge is 2.37. The molecule has 0 bridgehead atoms. The molecule has 3 atom stereocenters. The first-order valence-corrected chi connectivity index (χ1v) is 15.4. The summed E-state index contributed by atoms with van der Waals surface area (Å²) in [5.74, 6) is -1.66. The minimum Gasteiger partial charge on any atom is -0.318 e. The number of halogens is 2. The minimum atomic E-state index is -2.29. The smallest absolute Gasteiger partial charge is 0.250 e. The molecule has 0 radical (unpaired) electrons. The van der Waals surface area contributed by atoms with Gasteiger partial charge in [-0.25, -0.2) is 26.6 Å². The Kier molecular flexibility index (Phi) is 9.49. The number of pyridine rings is 1. The number of nitrogens with zero attached hydrogens (tertiary/aromatic N) is 1. The van der Waals surface area contributed by atoms with Gasteiger partial charge in [0, 0.05) is 48.6 Å². The number of nitrogens with one attached hydrogen (secondary N) is 2. The summed E-state index contributed by atoms with van der Waals surface area (Å²) in [5.41, 5.74) is 1.38. The molecule has 0 amide bonds. The molecule has 1 aliphatic carbocycles. The lowest BCUT2D eigenvalue weighted by molar-refractivity contribution is 0.103. The van der Waals surface area contributed by atoms with Gasteiger partial charge in [0.05, 0.1) is 15.7 Å². The Hall–Kier alpha value is -2.90. The van der Waals surface area contributed by atoms with E-state index in [2.05, 4.69) is 9.44 Å². The van der Waals surface area contributed by atoms with Crippen LogP contribution in [0.4, 0.5) is 8.78 Å². The van der Waals surface area contributed by atoms with Crippen molar-refractivity contribution in [1.82, 2.24) is 14.0 Å². The van der Waals surface area contributed by atoms with E-state index in [4.69, 9.17) is 4.55 Å². The van der Waals surface area contributed by atoms with Crippen molar-refractivity contribution >= 4 is 28.0 Å². The number of rotatable bonds is 11. The maximum absolute atomic E-state index is 15.4. The van der Waals surface area contributed by atoms with E-state index in [-0.39, 0.29) is 41.1 Å². The van der Waals surface area contributed by atoms with Crippen LogP contribution in [0.3, 0.4) is 0 Å². The van der Waals surface area contributed by atoms with Gasteiger partial charge in [-0.15, -0.1) is 0 Å². The van der Waals surface area contributed by atoms with Gasteiger partial charge < -0.3 is 4.57 Å². The lowest BCUT2D eigenvalue weighted by atomic mass is 9.87. The van der Waals surface area contributed by atoms with Gasteiger partial charge in [0.15, 0.2) is 5.78 Å². The van der Waals surface area contributed by atoms with Crippen molar-refractivity contribution in [2.75, 3.05) is 6.54 Å². The third-order valence-corrected chi connectivity index (χ3v) is 8.96. The van der Waals surface area contributed by atoms with Crippen molar-refractivity contribution in [2.24, 2.45) is 13.0 Å². The third kappa shape index (κ3) is 7.49. The molecule has 8 nitrogen and oxygen atoms in total. The van der Waals surface area contributed by atoms with Crippen molar-refractivity contribution in [2.45, 2.75) is 50.8 Å². The molecule has 1 aliphatic rings. The maximum Gasteiger partial charge on any atom is 0.250 e. The van der Waals surface area contributed by atoms with Crippen molar-refractivity contribution in [1.29, 1.82) is 0 Å². The first kappa shape index (κ1) is 31.0. The number of benzene rings is 2. The predicted molar refractivity (Wildman–Crippen MR) is 156 cm³/mol. The molecule has 3 aromatic rings. The molecule has 220 valence electrons. The lowest BCUT2D eigenvalue weighted by Crippen LogP contribution is -2.37. The van der Waals surface area contributed by atoms with Crippen LogP contribution in [0.5, 0.6) is 0 Å². The summed E-state index contributed by atoms with van der Waals surface area (Å²) in [5, 5.41) is 0. The number of hydrogen-bond acceptors (Lipinski definition) is 4. The number of ketones is 1. The van der Waals surface area contributed by atoms with Crippen LogP contribution < -0.4 is 15.0 Å². The fraction of sp³-hybridized carbons (Fsp3) is 0.379. The van der Waals surface area contributed by atoms with E-state index < -0.39 is 50.5 Å². The Labute approximate surface area is 242 Å². The van der Waals surface area contributed by atoms with Gasteiger partial charge in [-0.2, -0.15) is 0 Å². The van der Waals surface area contributed by atoms with E-state index in [0.717, 1.165) is 31.0 Å². The largest absolute Gasteiger partial charge is 0.318 e. The normalized spacial score (nSPS) is 15.9. The molecular weight excluding hydrogens is 572 g/mol. The minimum absolute atomic E-state index is 0.00272. The summed E-state index contributed by atoms with van der Waals surface area (Å²) in [6.45, 7) is 5.50. The van der Waals surface area contributed by atoms with E-state index in [0.29, 0.717) is 16.7 Å². The second-order valence-corrected chi connectivity index (χ2v) is 13.9. The van der Waals surface area contributed by atoms with Crippen LogP contribution in [0.2, 0.25) is 0 Å². The average molecular weight is 606 g/mol. The quantitative estimate of drug-likeness (QED) is 0.222. The number of aromatic nitrogens is 1. The Balaban J connectivity index is 1.93. The first-order chi connectivity index (χ1) is 19.3. The van der Waals surface area contributed by atoms with E-state index in [1.165, 1.54) is 28.8 Å². The fourth-order valence-corrected chi connectivity index (χ4v) is 5.69. The van der Waals surface area contributed by atoms with Crippen LogP contribution in [0.25, 0.3) is 11.1 Å². The van der Waals surface area contributed by atoms with Crippen LogP contribution in [-0.4, -0.2) is 34.6 Å². The van der Waals surface area contributed by atoms with Gasteiger partial charge in [0.1, 0.15) is 11.6 Å². The maximum atomic E-state index is 15.4. The molecular formula is C29H33F2N3O5S2. The average Bonchev–Trinajstić information content (AvgIpc) is 3.74. The molecule has 3 N–H and O–H groups in total. The molecule has 1 unspecified atom stereocenters. The van der Waals surface area contributed by atoms with Crippen LogP contribution in [0, 0.1) is 17.6 Å². The summed E-state index contributed by atoms with van der Waals surface area (Å²) in [7, 11) is 0.0942. The van der Waals surface area contributed by atoms with Crippen molar-refractivity contribution < 1.29 is 26.5 Å². The second kappa shape index (κ2) is 12.5. The Morgan fingerprint density at radius 3 is 2.34 bits per heavy atom. The fourth-order valence-electron chi connectivity index (χ4n) is 4.51. The first-order valence-electron chi connectivity index (χ1n) is 13.1. The number of aryl methyl sites for hydroxylation is 1. The van der Waals surface area contributed by atoms with E-state index in [1.807, 2.05) is 20.8 Å². The van der Waals surface area contributed by atoms with Crippen LogP contribution in [-0.2, 0) is 35.7 Å². The summed E-state index contributed by atoms with van der Waals surface area (Å²) < 4.78 is 68.6. The highest BCUT2D eigenvalue weighted by Crippen LogP contribution is 2.45. The Bertz CT molecular complexity index is 1560. The highest BCUT2D eigenvalue weighted by molar-refractivity contribution is 7.84. The zero-order valence-corrected chi connectivity index (χ0v) is 24.8. The number of carbonyl (C=O) groups is 1. The van der Waals surface area contributed by atoms with Crippen molar-refractivity contribution in [3.63, 3.8) is 0 Å². The van der Waals surface area contributed by atoms with Gasteiger partial charge in [-0.05, 0) is 99.0 Å². The van der Waals surface area contributed by atoms with Gasteiger partial charge in [0.25, 0.3) is 5.56 Å². The topological polar surface area (TPSA) is 118 Å². The molecule has 12 heteroatoms. The molecule has 0 saturated heterocycles. The summed E-state index contributed by atoms with van der Waals surface area (Å²) in [6.07, 6.45) is 3.32. The number of hydrogen-bond donors (Lipinski definition) is 3. The standard InChI is InChI=1S/C29H33F2N3O5S2/c1-29(2,3)40(37)33-27(17-5-6-17)22-15-26(35)34(4)16-24(22)21-13-19(11-12-32-41(38)39)25(31)14-23(21)28(36)18-7-9-20(30)10-8-18/h7-10,13-17,27,32-33H,5-6,11-12H2,1-4H3,(H,38,39)/t27-,40-/m0/s1. The zero-order valence-electron chi connectivity index (χ0n) is 23.2. The van der Waals surface area contributed by atoms with Gasteiger partial charge >= 0.3 is 0 Å². The molecule has 2 aromatic carbocycles. The van der Waals surface area contributed by atoms with Crippen LogP contribution in [0.15, 0.2) is 53.5 Å². The summed E-state index contributed by atoms with van der Waals surface area (Å²) >= 11 is -2.29. The predicted octanol–water partition coefficient (Wildman–Crippen LogP) is 4.33. The van der Waals surface area contributed by atoms with Gasteiger partial charge in [0.2, 0.25) is 11.3 Å². The molecule has 1 fully saturated rings. The molecule has 4 rings (SSSR count). The number of carbonyl (C=O) groups excluding carboxylic acids is 1. The monoisotopic (exact) mass is 605 g/mol. The third-order valence-electron chi connectivity index (χ3n) is 6.93. The molecule has 1 heterocycles. The van der Waals surface area contributed by atoms with Gasteiger partial charge in [-0.1, -0.05) is 0 Å². The SMILES string of the molecule is Cn1cc(-c2cc(CCNS(=O)O)c(F)cc2C(=O)c2ccc(F)cc2)c([C@@H](N[S@@](=O)C(C)(C)C)C2CC2)cc1=O. The van der Waals surface area contributed by atoms with Crippen LogP contribution in [0.1, 0.15) is 66.7 Å². The van der Waals surface area contributed by atoms with E-state index in [9.17, 15) is 22.4 Å². The van der Waals surface area contributed by atoms with Crippen molar-refractivity contribution in [3.8, 4) is 11.1 Å². The van der Waals surface area contributed by atoms with E-state index >= 15 is 4.39 Å².